The zero-order chi connectivity index (χ0) is 34.1. The lowest BCUT2D eigenvalue weighted by molar-refractivity contribution is -0.166. The molecule has 248 valence electrons. The van der Waals surface area contributed by atoms with Crippen LogP contribution in [0, 0.1) is 0 Å². The van der Waals surface area contributed by atoms with Gasteiger partial charge in [0.05, 0.1) is 12.7 Å². The molecule has 1 aliphatic rings. The predicted molar refractivity (Wildman–Crippen MR) is 145 cm³/mol. The number of nitrogens with zero attached hydrogens (tertiary/aromatic N) is 4. The number of carbonyl (C=O) groups excluding carboxylic acids is 6. The Morgan fingerprint density at radius 2 is 1.51 bits per heavy atom. The molecule has 1 N–H and O–H groups in total. The van der Waals surface area contributed by atoms with Gasteiger partial charge in [0.15, 0.2) is 40.6 Å². The number of fused-ring (bicyclic) bond motifs is 1. The highest BCUT2D eigenvalue weighted by atomic mass is 32.2. The first-order valence-electron chi connectivity index (χ1n) is 12.9. The third kappa shape index (κ3) is 11.9. The molecule has 0 unspecified atom stereocenters. The van der Waals surface area contributed by atoms with Crippen LogP contribution in [0.2, 0.25) is 0 Å². The van der Waals surface area contributed by atoms with Crippen molar-refractivity contribution in [2.75, 3.05) is 17.7 Å². The monoisotopic (exact) mass is 665 g/mol. The van der Waals surface area contributed by atoms with Crippen LogP contribution < -0.4 is 5.32 Å². The maximum Gasteiger partial charge on any atom is 0.389 e. The average molecular weight is 666 g/mol. The van der Waals surface area contributed by atoms with Crippen LogP contribution in [-0.2, 0) is 52.5 Å². The first kappa shape index (κ1) is 36.9. The molecular weight excluding hydrogens is 635 g/mol. The molecule has 16 nitrogen and oxygen atoms in total. The molecule has 1 saturated heterocycles. The number of hydrogen-bond donors (Lipinski definition) is 1. The predicted octanol–water partition coefficient (Wildman–Crippen LogP) is 2.25. The third-order valence-electron chi connectivity index (χ3n) is 5.21. The molecule has 3 rings (SSSR count). The number of rotatable bonds is 9. The number of amides is 1. The van der Waals surface area contributed by atoms with E-state index in [1.54, 1.807) is 0 Å². The fourth-order valence-corrected chi connectivity index (χ4v) is 4.60. The summed E-state index contributed by atoms with van der Waals surface area (Å²) in [6, 6.07) is 0. The number of thioether (sulfide) groups is 1. The standard InChI is InChI=1S/C21H24F3N5O8S.C4H6O3/c1-9(30)26-17-14-18(28-20(27-17)38-6-5-21(22,23)24)29(8-25-14)19-16(36-12(4)33)15(35-11(3)32)13(37-19)7-34-10(2)31;1-3(5)7-4(2)6/h8,13,15-16,19H,5-7H2,1-4H3,(H,26,27,28,30);1-2H3/t13-,15-,16-,19-;/m1./s1. The van der Waals surface area contributed by atoms with Crippen molar-refractivity contribution in [3.8, 4) is 0 Å². The molecule has 3 heterocycles. The molecule has 2 aromatic heterocycles. The summed E-state index contributed by atoms with van der Waals surface area (Å²) in [7, 11) is 0. The van der Waals surface area contributed by atoms with Gasteiger partial charge in [-0.15, -0.1) is 0 Å². The van der Waals surface area contributed by atoms with Gasteiger partial charge >= 0.3 is 36.0 Å². The molecule has 2 aromatic rings. The van der Waals surface area contributed by atoms with Crippen LogP contribution in [0.5, 0.6) is 0 Å². The molecule has 1 amide bonds. The summed E-state index contributed by atoms with van der Waals surface area (Å²) in [6.45, 7) is 6.65. The second-order valence-corrected chi connectivity index (χ2v) is 10.2. The Kier molecular flexibility index (Phi) is 13.2. The Hall–Kier alpha value is -4.33. The van der Waals surface area contributed by atoms with E-state index in [1.165, 1.54) is 38.6 Å². The topological polar surface area (TPSA) is 204 Å². The molecule has 1 fully saturated rings. The smallest absolute Gasteiger partial charge is 0.389 e. The second kappa shape index (κ2) is 16.1. The van der Waals surface area contributed by atoms with Gasteiger partial charge < -0.3 is 29.0 Å². The van der Waals surface area contributed by atoms with Crippen LogP contribution in [0.15, 0.2) is 11.5 Å². The maximum atomic E-state index is 12.7. The molecular formula is C25H30F3N5O11S. The van der Waals surface area contributed by atoms with Crippen molar-refractivity contribution in [3.63, 3.8) is 0 Å². The number of alkyl halides is 3. The lowest BCUT2D eigenvalue weighted by Gasteiger charge is -2.23. The molecule has 45 heavy (non-hydrogen) atoms. The van der Waals surface area contributed by atoms with Gasteiger partial charge in [-0.25, -0.2) is 15.0 Å². The molecule has 4 atom stereocenters. The van der Waals surface area contributed by atoms with E-state index in [2.05, 4.69) is 25.0 Å². The van der Waals surface area contributed by atoms with Gasteiger partial charge in [0, 0.05) is 47.3 Å². The molecule has 0 spiro atoms. The number of esters is 5. The Morgan fingerprint density at radius 3 is 2.00 bits per heavy atom. The van der Waals surface area contributed by atoms with Crippen molar-refractivity contribution in [2.24, 2.45) is 0 Å². The largest absolute Gasteiger partial charge is 0.463 e. The highest BCUT2D eigenvalue weighted by Crippen LogP contribution is 2.37. The highest BCUT2D eigenvalue weighted by molar-refractivity contribution is 7.99. The van der Waals surface area contributed by atoms with Crippen molar-refractivity contribution >= 4 is 64.5 Å². The summed E-state index contributed by atoms with van der Waals surface area (Å²) >= 11 is 0.703. The van der Waals surface area contributed by atoms with Gasteiger partial charge in [0.1, 0.15) is 12.7 Å². The normalized spacial score (nSPS) is 19.1. The lowest BCUT2D eigenvalue weighted by atomic mass is 10.1. The average Bonchev–Trinajstić information content (AvgIpc) is 3.42. The van der Waals surface area contributed by atoms with Crippen LogP contribution in [0.1, 0.15) is 54.2 Å². The number of aromatic nitrogens is 4. The van der Waals surface area contributed by atoms with Crippen molar-refractivity contribution in [2.45, 2.75) is 83.8 Å². The SMILES string of the molecule is CC(=O)Nc1nc(SCCC(F)(F)F)nc2c1ncn2[C@@H]1O[C@H](COC(C)=O)[C@@H](OC(C)=O)[C@H]1OC(C)=O.CC(=O)OC(C)=O. The summed E-state index contributed by atoms with van der Waals surface area (Å²) in [5, 5.41) is 2.37. The first-order valence-corrected chi connectivity index (χ1v) is 13.9. The number of nitrogens with one attached hydrogen (secondary N) is 1. The summed E-state index contributed by atoms with van der Waals surface area (Å²) in [5.41, 5.74) is 0.0909. The summed E-state index contributed by atoms with van der Waals surface area (Å²) in [5.74, 6) is -4.20. The van der Waals surface area contributed by atoms with E-state index in [4.69, 9.17) is 18.9 Å². The first-order chi connectivity index (χ1) is 20.9. The third-order valence-corrected chi connectivity index (χ3v) is 6.06. The highest BCUT2D eigenvalue weighted by Gasteiger charge is 2.51. The summed E-state index contributed by atoms with van der Waals surface area (Å²) < 4.78 is 64.9. The Bertz CT molecular complexity index is 1420. The molecule has 0 bridgehead atoms. The van der Waals surface area contributed by atoms with E-state index in [0.29, 0.717) is 11.8 Å². The number of anilines is 1. The van der Waals surface area contributed by atoms with E-state index in [0.717, 1.165) is 13.8 Å². The molecule has 1 aliphatic heterocycles. The van der Waals surface area contributed by atoms with Crippen molar-refractivity contribution < 1.29 is 65.6 Å². The van der Waals surface area contributed by atoms with E-state index in [1.807, 2.05) is 0 Å². The van der Waals surface area contributed by atoms with E-state index in [-0.39, 0.29) is 28.7 Å². The minimum absolute atomic E-state index is 0.0233. The molecule has 0 radical (unpaired) electrons. The molecule has 20 heteroatoms. The van der Waals surface area contributed by atoms with E-state index < -0.39 is 78.6 Å². The van der Waals surface area contributed by atoms with Crippen LogP contribution in [-0.4, -0.2) is 92.1 Å². The quantitative estimate of drug-likeness (QED) is 0.134. The summed E-state index contributed by atoms with van der Waals surface area (Å²) in [4.78, 5) is 79.0. The molecule has 0 saturated carbocycles. The number of ether oxygens (including phenoxy) is 5. The van der Waals surface area contributed by atoms with Crippen molar-refractivity contribution in [1.82, 2.24) is 19.5 Å². The fourth-order valence-electron chi connectivity index (χ4n) is 3.78. The van der Waals surface area contributed by atoms with E-state index in [9.17, 15) is 41.9 Å². The van der Waals surface area contributed by atoms with Gasteiger partial charge in [0.25, 0.3) is 0 Å². The van der Waals surface area contributed by atoms with Crippen LogP contribution in [0.25, 0.3) is 11.2 Å². The number of imidazole rings is 1. The fraction of sp³-hybridized carbons (Fsp3) is 0.560. The molecule has 0 aliphatic carbocycles. The van der Waals surface area contributed by atoms with Crippen molar-refractivity contribution in [1.29, 1.82) is 0 Å². The minimum Gasteiger partial charge on any atom is -0.463 e. The van der Waals surface area contributed by atoms with Gasteiger partial charge in [-0.3, -0.25) is 33.3 Å². The second-order valence-electron chi connectivity index (χ2n) is 9.17. The van der Waals surface area contributed by atoms with Crippen molar-refractivity contribution in [3.05, 3.63) is 6.33 Å². The van der Waals surface area contributed by atoms with Gasteiger partial charge in [-0.05, 0) is 0 Å². The zero-order valence-electron chi connectivity index (χ0n) is 24.8. The van der Waals surface area contributed by atoms with Crippen LogP contribution in [0.4, 0.5) is 19.0 Å². The van der Waals surface area contributed by atoms with Gasteiger partial charge in [0.2, 0.25) is 5.91 Å². The van der Waals surface area contributed by atoms with Gasteiger partial charge in [-0.2, -0.15) is 13.2 Å². The number of hydrogen-bond acceptors (Lipinski definition) is 15. The Morgan fingerprint density at radius 1 is 0.911 bits per heavy atom. The maximum absolute atomic E-state index is 12.7. The minimum atomic E-state index is -4.39. The lowest BCUT2D eigenvalue weighted by Crippen LogP contribution is -2.40. The Labute approximate surface area is 257 Å². The summed E-state index contributed by atoms with van der Waals surface area (Å²) in [6.07, 6.45) is -9.00. The zero-order valence-corrected chi connectivity index (χ0v) is 25.6. The number of carbonyl (C=O) groups is 6. The Balaban J connectivity index is 0.000000900. The molecule has 0 aromatic carbocycles. The van der Waals surface area contributed by atoms with E-state index >= 15 is 0 Å². The van der Waals surface area contributed by atoms with Crippen LogP contribution >= 0.6 is 11.8 Å². The van der Waals surface area contributed by atoms with Crippen LogP contribution in [0.3, 0.4) is 0 Å². The number of halogens is 3. The van der Waals surface area contributed by atoms with Gasteiger partial charge in [-0.1, -0.05) is 11.8 Å².